The van der Waals surface area contributed by atoms with Crippen LogP contribution in [0.1, 0.15) is 5.56 Å². The lowest BCUT2D eigenvalue weighted by Gasteiger charge is -2.02. The minimum atomic E-state index is 0.163. The van der Waals surface area contributed by atoms with E-state index in [-0.39, 0.29) is 5.28 Å². The summed E-state index contributed by atoms with van der Waals surface area (Å²) < 4.78 is 4.90. The van der Waals surface area contributed by atoms with Crippen LogP contribution in [0, 0.1) is 0 Å². The van der Waals surface area contributed by atoms with Crippen LogP contribution in [0.2, 0.25) is 5.28 Å². The summed E-state index contributed by atoms with van der Waals surface area (Å²) in [6, 6.07) is 0. The molecule has 0 aliphatic heterocycles. The first-order valence-corrected chi connectivity index (χ1v) is 3.80. The van der Waals surface area contributed by atoms with Crippen LogP contribution in [-0.2, 0) is 5.88 Å². The monoisotopic (exact) mass is 192 g/mol. The second kappa shape index (κ2) is 3.74. The Labute approximate surface area is 74.3 Å². The van der Waals surface area contributed by atoms with Crippen LogP contribution < -0.4 is 4.74 Å². The quantitative estimate of drug-likeness (QED) is 0.531. The maximum atomic E-state index is 5.56. The molecule has 0 saturated heterocycles. The number of rotatable bonds is 2. The maximum Gasteiger partial charge on any atom is 0.225 e. The van der Waals surface area contributed by atoms with Gasteiger partial charge in [0.25, 0.3) is 0 Å². The van der Waals surface area contributed by atoms with Crippen LogP contribution in [0.4, 0.5) is 0 Å². The molecule has 0 aliphatic carbocycles. The fraction of sp³-hybridized carbons (Fsp3) is 0.333. The summed E-state index contributed by atoms with van der Waals surface area (Å²) in [6.07, 6.45) is 1.54. The Balaban J connectivity index is 3.06. The molecule has 0 aromatic carbocycles. The van der Waals surface area contributed by atoms with Crippen molar-refractivity contribution in [3.63, 3.8) is 0 Å². The molecule has 0 amide bonds. The average Bonchev–Trinajstić information content (AvgIpc) is 2.04. The number of halogens is 2. The predicted octanol–water partition coefficient (Wildman–Crippen LogP) is 1.88. The first kappa shape index (κ1) is 8.56. The highest BCUT2D eigenvalue weighted by Crippen LogP contribution is 2.17. The van der Waals surface area contributed by atoms with Crippen molar-refractivity contribution in [2.45, 2.75) is 5.88 Å². The van der Waals surface area contributed by atoms with Crippen molar-refractivity contribution in [2.75, 3.05) is 7.11 Å². The zero-order chi connectivity index (χ0) is 8.27. The number of hydrogen-bond acceptors (Lipinski definition) is 3. The molecule has 0 bridgehead atoms. The van der Waals surface area contributed by atoms with Crippen molar-refractivity contribution in [3.05, 3.63) is 17.0 Å². The van der Waals surface area contributed by atoms with E-state index < -0.39 is 0 Å². The highest BCUT2D eigenvalue weighted by atomic mass is 35.5. The van der Waals surface area contributed by atoms with Gasteiger partial charge in [-0.25, -0.2) is 4.98 Å². The lowest BCUT2D eigenvalue weighted by molar-refractivity contribution is 0.393. The lowest BCUT2D eigenvalue weighted by Crippen LogP contribution is -1.94. The molecule has 5 heteroatoms. The third kappa shape index (κ3) is 1.94. The number of alkyl halides is 1. The van der Waals surface area contributed by atoms with E-state index in [1.807, 2.05) is 0 Å². The van der Waals surface area contributed by atoms with Gasteiger partial charge in [0.05, 0.1) is 13.0 Å². The van der Waals surface area contributed by atoms with Gasteiger partial charge in [0, 0.05) is 11.8 Å². The molecular formula is C6H6Cl2N2O. The Morgan fingerprint density at radius 2 is 2.36 bits per heavy atom. The molecule has 1 heterocycles. The second-order valence-corrected chi connectivity index (χ2v) is 2.41. The molecule has 1 aromatic rings. The Morgan fingerprint density at radius 1 is 1.64 bits per heavy atom. The highest BCUT2D eigenvalue weighted by molar-refractivity contribution is 6.28. The van der Waals surface area contributed by atoms with Crippen LogP contribution in [-0.4, -0.2) is 17.1 Å². The van der Waals surface area contributed by atoms with Gasteiger partial charge in [-0.1, -0.05) is 0 Å². The molecule has 0 fully saturated rings. The number of aromatic nitrogens is 2. The van der Waals surface area contributed by atoms with Gasteiger partial charge < -0.3 is 4.74 Å². The number of methoxy groups -OCH3 is 1. The normalized spacial score (nSPS) is 9.73. The van der Waals surface area contributed by atoms with E-state index in [4.69, 9.17) is 27.9 Å². The summed E-state index contributed by atoms with van der Waals surface area (Å²) in [7, 11) is 1.51. The zero-order valence-electron chi connectivity index (χ0n) is 5.84. The molecule has 1 rings (SSSR count). The molecule has 0 radical (unpaired) electrons. The van der Waals surface area contributed by atoms with Crippen molar-refractivity contribution in [3.8, 4) is 5.88 Å². The van der Waals surface area contributed by atoms with Crippen molar-refractivity contribution >= 4 is 23.2 Å². The average molecular weight is 193 g/mol. The molecule has 0 spiro atoms. The van der Waals surface area contributed by atoms with Crippen LogP contribution in [0.3, 0.4) is 0 Å². The summed E-state index contributed by atoms with van der Waals surface area (Å²) in [4.78, 5) is 7.56. The van der Waals surface area contributed by atoms with Gasteiger partial charge in [0.2, 0.25) is 11.2 Å². The van der Waals surface area contributed by atoms with Gasteiger partial charge in [0.15, 0.2) is 0 Å². The maximum absolute atomic E-state index is 5.56. The summed E-state index contributed by atoms with van der Waals surface area (Å²) in [5.74, 6) is 0.750. The van der Waals surface area contributed by atoms with Gasteiger partial charge in [-0.3, -0.25) is 0 Å². The Kier molecular flexibility index (Phi) is 2.91. The van der Waals surface area contributed by atoms with Crippen molar-refractivity contribution < 1.29 is 4.74 Å². The minimum Gasteiger partial charge on any atom is -0.481 e. The first-order chi connectivity index (χ1) is 5.27. The van der Waals surface area contributed by atoms with Crippen molar-refractivity contribution in [1.82, 2.24) is 9.97 Å². The van der Waals surface area contributed by atoms with Gasteiger partial charge >= 0.3 is 0 Å². The standard InChI is InChI=1S/C6H6Cl2N2O/c1-11-5-4(2-7)3-9-6(8)10-5/h3H,2H2,1H3. The smallest absolute Gasteiger partial charge is 0.225 e. The number of ether oxygens (including phenoxy) is 1. The third-order valence-corrected chi connectivity index (χ3v) is 1.60. The zero-order valence-corrected chi connectivity index (χ0v) is 7.35. The van der Waals surface area contributed by atoms with E-state index in [0.717, 1.165) is 5.56 Å². The Bertz CT molecular complexity index is 254. The minimum absolute atomic E-state index is 0.163. The van der Waals surface area contributed by atoms with E-state index in [1.54, 1.807) is 6.20 Å². The SMILES string of the molecule is COc1nc(Cl)ncc1CCl. The molecule has 1 aromatic heterocycles. The van der Waals surface area contributed by atoms with Crippen LogP contribution >= 0.6 is 23.2 Å². The van der Waals surface area contributed by atoms with E-state index in [1.165, 1.54) is 7.11 Å². The molecule has 3 nitrogen and oxygen atoms in total. The summed E-state index contributed by atoms with van der Waals surface area (Å²) in [6.45, 7) is 0. The Hall–Kier alpha value is -0.540. The van der Waals surface area contributed by atoms with Gasteiger partial charge in [-0.05, 0) is 11.6 Å². The van der Waals surface area contributed by atoms with Crippen molar-refractivity contribution in [1.29, 1.82) is 0 Å². The summed E-state index contributed by atoms with van der Waals surface area (Å²) in [5.41, 5.74) is 0.735. The summed E-state index contributed by atoms with van der Waals surface area (Å²) in [5, 5.41) is 0.163. The van der Waals surface area contributed by atoms with Crippen LogP contribution in [0.5, 0.6) is 5.88 Å². The number of nitrogens with zero attached hydrogens (tertiary/aromatic N) is 2. The van der Waals surface area contributed by atoms with Crippen molar-refractivity contribution in [2.24, 2.45) is 0 Å². The molecule has 60 valence electrons. The van der Waals surface area contributed by atoms with E-state index in [2.05, 4.69) is 9.97 Å². The van der Waals surface area contributed by atoms with Gasteiger partial charge in [-0.15, -0.1) is 11.6 Å². The van der Waals surface area contributed by atoms with Gasteiger partial charge in [0.1, 0.15) is 0 Å². The molecule has 0 aliphatic rings. The molecule has 0 unspecified atom stereocenters. The first-order valence-electron chi connectivity index (χ1n) is 2.89. The molecule has 11 heavy (non-hydrogen) atoms. The lowest BCUT2D eigenvalue weighted by atomic mass is 10.4. The molecule has 0 N–H and O–H groups in total. The van der Waals surface area contributed by atoms with E-state index >= 15 is 0 Å². The predicted molar refractivity (Wildman–Crippen MR) is 43.2 cm³/mol. The largest absolute Gasteiger partial charge is 0.481 e. The van der Waals surface area contributed by atoms with Crippen LogP contribution in [0.15, 0.2) is 6.20 Å². The highest BCUT2D eigenvalue weighted by Gasteiger charge is 2.03. The van der Waals surface area contributed by atoms with Crippen LogP contribution in [0.25, 0.3) is 0 Å². The summed E-state index contributed by atoms with van der Waals surface area (Å²) >= 11 is 11.1. The topological polar surface area (TPSA) is 35.0 Å². The second-order valence-electron chi connectivity index (χ2n) is 1.81. The number of hydrogen-bond donors (Lipinski definition) is 0. The van der Waals surface area contributed by atoms with E-state index in [0.29, 0.717) is 11.8 Å². The van der Waals surface area contributed by atoms with E-state index in [9.17, 15) is 0 Å². The molecule has 0 saturated carbocycles. The van der Waals surface area contributed by atoms with Gasteiger partial charge in [-0.2, -0.15) is 4.98 Å². The third-order valence-electron chi connectivity index (χ3n) is 1.13. The Morgan fingerprint density at radius 3 is 2.91 bits per heavy atom. The fourth-order valence-corrected chi connectivity index (χ4v) is 0.948. The molecule has 0 atom stereocenters. The fourth-order valence-electron chi connectivity index (χ4n) is 0.639. The molecular weight excluding hydrogens is 187 g/mol.